The largest absolute Gasteiger partial charge is 0.506 e. The van der Waals surface area contributed by atoms with Gasteiger partial charge in [0, 0.05) is 30.9 Å². The zero-order valence-corrected chi connectivity index (χ0v) is 37.8. The molecule has 64 heavy (non-hydrogen) atoms. The van der Waals surface area contributed by atoms with Crippen LogP contribution in [0.5, 0.6) is 17.2 Å². The van der Waals surface area contributed by atoms with Crippen LogP contribution in [0.2, 0.25) is 0 Å². The molecule has 340 valence electrons. The molecule has 1 heterocycles. The van der Waals surface area contributed by atoms with Crippen LogP contribution in [0.4, 0.5) is 57.7 Å². The summed E-state index contributed by atoms with van der Waals surface area (Å²) in [6.07, 6.45) is 1.89. The summed E-state index contributed by atoms with van der Waals surface area (Å²) in [5, 5.41) is 71.5. The van der Waals surface area contributed by atoms with Crippen molar-refractivity contribution in [2.75, 3.05) is 68.3 Å². The quantitative estimate of drug-likeness (QED) is 0.0238. The summed E-state index contributed by atoms with van der Waals surface area (Å²) in [6.45, 7) is 19.8. The van der Waals surface area contributed by atoms with Gasteiger partial charge in [0.15, 0.2) is 0 Å². The molecule has 5 rings (SSSR count). The Morgan fingerprint density at radius 1 is 0.578 bits per heavy atom. The molecule has 21 heteroatoms. The number of hydrogen-bond acceptors (Lipinski definition) is 19. The summed E-state index contributed by atoms with van der Waals surface area (Å²) < 4.78 is 23.5. The molecule has 0 atom stereocenters. The average Bonchev–Trinajstić information content (AvgIpc) is 3.26. The first-order chi connectivity index (χ1) is 30.7. The van der Waals surface area contributed by atoms with E-state index in [4.69, 9.17) is 5.14 Å². The van der Waals surface area contributed by atoms with Gasteiger partial charge in [0.1, 0.15) is 34.3 Å². The van der Waals surface area contributed by atoms with Crippen molar-refractivity contribution in [3.05, 3.63) is 77.9 Å². The van der Waals surface area contributed by atoms with E-state index in [1.54, 1.807) is 6.07 Å². The standard InChI is InChI=1S/C43H57N15O5S/c1-7-57(8-2)20-12-18-45-41-48-42(46-19-13-21-58(9-3)10-4)50-43(49-41)47-30-14-11-15-31(24-30)51-52-33-22-29(6)34(23-28(33)5)53-55-36-26-37(40(61)27-39(36)60)56-54-35-25-32(64(44,62)63)16-17-38(35)59/h11,14-17,22-27,59-61H,7-10,12-13,18-21H2,1-6H3,(H2,44,62,63)(H3,45,46,47,48,49,50). The van der Waals surface area contributed by atoms with E-state index in [1.165, 1.54) is 6.07 Å². The monoisotopic (exact) mass is 895 g/mol. The minimum absolute atomic E-state index is 0.0440. The molecule has 0 spiro atoms. The van der Waals surface area contributed by atoms with Crippen molar-refractivity contribution in [1.82, 2.24) is 24.8 Å². The van der Waals surface area contributed by atoms with E-state index in [-0.39, 0.29) is 33.5 Å². The topological polar surface area (TPSA) is 276 Å². The summed E-state index contributed by atoms with van der Waals surface area (Å²) in [4.78, 5) is 18.4. The molecule has 0 fully saturated rings. The van der Waals surface area contributed by atoms with Crippen molar-refractivity contribution in [2.45, 2.75) is 59.3 Å². The lowest BCUT2D eigenvalue weighted by Gasteiger charge is -2.18. The Labute approximate surface area is 373 Å². The second-order valence-corrected chi connectivity index (χ2v) is 16.2. The first-order valence-electron chi connectivity index (χ1n) is 21.0. The third-order valence-electron chi connectivity index (χ3n) is 10.1. The number of phenols is 3. The fraction of sp³-hybridized carbons (Fsp3) is 0.372. The highest BCUT2D eigenvalue weighted by Crippen LogP contribution is 2.41. The number of aryl methyl sites for hydroxylation is 2. The number of sulfonamides is 1. The summed E-state index contributed by atoms with van der Waals surface area (Å²) in [7, 11) is -4.08. The van der Waals surface area contributed by atoms with E-state index in [0.717, 1.165) is 95.0 Å². The molecule has 20 nitrogen and oxygen atoms in total. The number of aromatic nitrogens is 3. The Morgan fingerprint density at radius 2 is 1.06 bits per heavy atom. The highest BCUT2D eigenvalue weighted by Gasteiger charge is 2.14. The fourth-order valence-electron chi connectivity index (χ4n) is 6.25. The molecule has 0 radical (unpaired) electrons. The molecular weight excluding hydrogens is 839 g/mol. The highest BCUT2D eigenvalue weighted by atomic mass is 32.2. The number of phenolic OH excluding ortho intramolecular Hbond substituents is 3. The number of azo groups is 3. The first kappa shape index (κ1) is 48.4. The molecule has 0 saturated carbocycles. The Kier molecular flexibility index (Phi) is 17.5. The van der Waals surface area contributed by atoms with Crippen LogP contribution in [0.15, 0.2) is 102 Å². The molecule has 0 bridgehead atoms. The lowest BCUT2D eigenvalue weighted by atomic mass is 10.1. The molecule has 0 amide bonds. The lowest BCUT2D eigenvalue weighted by molar-refractivity contribution is 0.303. The van der Waals surface area contributed by atoms with Crippen molar-refractivity contribution >= 4 is 67.7 Å². The number of rotatable bonds is 23. The number of benzene rings is 4. The fourth-order valence-corrected chi connectivity index (χ4v) is 6.79. The molecule has 0 aliphatic carbocycles. The van der Waals surface area contributed by atoms with Crippen LogP contribution >= 0.6 is 0 Å². The number of nitrogens with one attached hydrogen (secondary N) is 3. The molecule has 0 aliphatic rings. The van der Waals surface area contributed by atoms with E-state index in [1.807, 2.05) is 44.2 Å². The summed E-state index contributed by atoms with van der Waals surface area (Å²) in [5.41, 5.74) is 3.46. The maximum atomic E-state index is 11.7. The Hall–Kier alpha value is -6.68. The van der Waals surface area contributed by atoms with Crippen LogP contribution in [-0.2, 0) is 10.0 Å². The highest BCUT2D eigenvalue weighted by molar-refractivity contribution is 7.89. The third kappa shape index (κ3) is 14.2. The number of aromatic hydroxyl groups is 3. The second kappa shape index (κ2) is 23.1. The number of primary sulfonamides is 1. The molecule has 0 saturated heterocycles. The number of nitrogens with two attached hydrogens (primary N) is 1. The van der Waals surface area contributed by atoms with Crippen LogP contribution in [0.25, 0.3) is 0 Å². The summed E-state index contributed by atoms with van der Waals surface area (Å²) in [5.74, 6) is 0.135. The third-order valence-corrected chi connectivity index (χ3v) is 11.0. The van der Waals surface area contributed by atoms with Gasteiger partial charge in [-0.2, -0.15) is 30.3 Å². The van der Waals surface area contributed by atoms with E-state index in [0.29, 0.717) is 46.2 Å². The minimum atomic E-state index is -4.08. The zero-order chi connectivity index (χ0) is 46.2. The number of hydrogen-bond donors (Lipinski definition) is 7. The zero-order valence-electron chi connectivity index (χ0n) is 37.0. The number of anilines is 4. The van der Waals surface area contributed by atoms with E-state index in [2.05, 4.69) is 99.1 Å². The van der Waals surface area contributed by atoms with Crippen molar-refractivity contribution in [3.8, 4) is 17.2 Å². The van der Waals surface area contributed by atoms with E-state index in [9.17, 15) is 23.7 Å². The van der Waals surface area contributed by atoms with Crippen LogP contribution in [0.3, 0.4) is 0 Å². The molecule has 5 aromatic rings. The smallest absolute Gasteiger partial charge is 0.238 e. The second-order valence-electron chi connectivity index (χ2n) is 14.6. The van der Waals surface area contributed by atoms with Crippen molar-refractivity contribution in [3.63, 3.8) is 0 Å². The molecule has 8 N–H and O–H groups in total. The van der Waals surface area contributed by atoms with Crippen LogP contribution in [-0.4, -0.2) is 101 Å². The van der Waals surface area contributed by atoms with Gasteiger partial charge in [0.25, 0.3) is 0 Å². The van der Waals surface area contributed by atoms with Gasteiger partial charge < -0.3 is 41.1 Å². The lowest BCUT2D eigenvalue weighted by Crippen LogP contribution is -2.26. The SMILES string of the molecule is CCN(CC)CCCNc1nc(NCCCN(CC)CC)nc(Nc2cccc(N=Nc3cc(C)c(N=Nc4cc(N=Nc5cc(S(N)(=O)=O)ccc5O)c(O)cc4O)cc3C)c2)n1. The molecule has 0 aliphatic heterocycles. The van der Waals surface area contributed by atoms with E-state index >= 15 is 0 Å². The van der Waals surface area contributed by atoms with Gasteiger partial charge in [-0.3, -0.25) is 0 Å². The Morgan fingerprint density at radius 3 is 1.58 bits per heavy atom. The summed E-state index contributed by atoms with van der Waals surface area (Å²) in [6, 6.07) is 16.5. The van der Waals surface area contributed by atoms with Crippen molar-refractivity contribution < 1.29 is 23.7 Å². The maximum absolute atomic E-state index is 11.7. The van der Waals surface area contributed by atoms with Gasteiger partial charge in [-0.25, -0.2) is 13.6 Å². The van der Waals surface area contributed by atoms with E-state index < -0.39 is 15.8 Å². The van der Waals surface area contributed by atoms with Gasteiger partial charge in [-0.1, -0.05) is 33.8 Å². The van der Waals surface area contributed by atoms with Gasteiger partial charge >= 0.3 is 0 Å². The molecular formula is C43H57N15O5S. The molecule has 0 unspecified atom stereocenters. The molecule has 4 aromatic carbocycles. The van der Waals surface area contributed by atoms with Crippen LogP contribution in [0, 0.1) is 13.8 Å². The Bertz CT molecular complexity index is 2530. The number of nitrogens with zero attached hydrogens (tertiary/aromatic N) is 11. The van der Waals surface area contributed by atoms with Crippen molar-refractivity contribution in [2.24, 2.45) is 35.8 Å². The normalized spacial score (nSPS) is 12.1. The predicted molar refractivity (Wildman–Crippen MR) is 249 cm³/mol. The van der Waals surface area contributed by atoms with Gasteiger partial charge in [-0.05, 0) is 126 Å². The first-order valence-corrected chi connectivity index (χ1v) is 22.6. The minimum Gasteiger partial charge on any atom is -0.506 e. The summed E-state index contributed by atoms with van der Waals surface area (Å²) >= 11 is 0. The van der Waals surface area contributed by atoms with Gasteiger partial charge in [0.2, 0.25) is 27.9 Å². The maximum Gasteiger partial charge on any atom is 0.238 e. The van der Waals surface area contributed by atoms with Gasteiger partial charge in [-0.15, -0.1) is 15.3 Å². The predicted octanol–water partition coefficient (Wildman–Crippen LogP) is 9.53. The average molecular weight is 896 g/mol. The Balaban J connectivity index is 1.29. The molecule has 1 aromatic heterocycles. The van der Waals surface area contributed by atoms with Crippen LogP contribution in [0.1, 0.15) is 51.7 Å². The van der Waals surface area contributed by atoms with Crippen LogP contribution < -0.4 is 21.1 Å². The van der Waals surface area contributed by atoms with Gasteiger partial charge in [0.05, 0.1) is 22.0 Å². The van der Waals surface area contributed by atoms with Crippen molar-refractivity contribution in [1.29, 1.82) is 0 Å².